The van der Waals surface area contributed by atoms with E-state index in [1.807, 2.05) is 0 Å². The van der Waals surface area contributed by atoms with Crippen molar-refractivity contribution in [2.45, 2.75) is 4.83 Å². The molecule has 0 aliphatic carbocycles. The molecule has 0 N–H and O–H groups in total. The van der Waals surface area contributed by atoms with Crippen molar-refractivity contribution in [1.29, 1.82) is 0 Å². The van der Waals surface area contributed by atoms with Crippen molar-refractivity contribution < 1.29 is 7.48 Å². The first-order valence-corrected chi connectivity index (χ1v) is 5.70. The fraction of sp³-hybridized carbons (Fsp3) is 0.667. The van der Waals surface area contributed by atoms with Crippen LogP contribution in [0, 0.1) is 0 Å². The van der Waals surface area contributed by atoms with Gasteiger partial charge < -0.3 is 0 Å². The van der Waals surface area contributed by atoms with Gasteiger partial charge in [-0.05, 0) is 0 Å². The van der Waals surface area contributed by atoms with E-state index in [1.165, 1.54) is 0 Å². The van der Waals surface area contributed by atoms with E-state index in [-0.39, 0.29) is 10.8 Å². The minimum atomic E-state index is -0.174. The van der Waals surface area contributed by atoms with E-state index >= 15 is 0 Å². The molecule has 0 fully saturated rings. The van der Waals surface area contributed by atoms with Gasteiger partial charge in [-0.2, -0.15) is 0 Å². The molecule has 0 saturated heterocycles. The summed E-state index contributed by atoms with van der Waals surface area (Å²) in [5, 5.41) is 0.610. The van der Waals surface area contributed by atoms with E-state index in [0.717, 1.165) is 0 Å². The maximum absolute atomic E-state index is 10.5. The molecule has 5 heteroatoms. The third kappa shape index (κ3) is 3.39. The number of carbonyl (C=O) groups excluding carboxylic acids is 1. The molecule has 8 heavy (non-hydrogen) atoms. The van der Waals surface area contributed by atoms with Crippen LogP contribution >= 0.6 is 31.9 Å². The van der Waals surface area contributed by atoms with E-state index in [1.54, 1.807) is 0 Å². The average Bonchev–Trinajstić information content (AvgIpc) is 1.84. The van der Waals surface area contributed by atoms with Crippen LogP contribution in [0.4, 0.5) is 0 Å². The molecule has 2 nitrogen and oxygen atoms in total. The van der Waals surface area contributed by atoms with E-state index in [9.17, 15) is 4.79 Å². The number of rotatable bonds is 2. The quantitative estimate of drug-likeness (QED) is 0.474. The van der Waals surface area contributed by atoms with Crippen molar-refractivity contribution in [3.8, 4) is 0 Å². The van der Waals surface area contributed by atoms with Crippen molar-refractivity contribution >= 4 is 64.0 Å². The van der Waals surface area contributed by atoms with Gasteiger partial charge in [-0.15, -0.1) is 0 Å². The summed E-state index contributed by atoms with van der Waals surface area (Å²) in [6, 6.07) is 0. The monoisotopic (exact) mass is 434 g/mol. The Morgan fingerprint density at radius 1 is 1.88 bits per heavy atom. The van der Waals surface area contributed by atoms with Gasteiger partial charge in [0.15, 0.2) is 0 Å². The second kappa shape index (κ2) is 5.16. The van der Waals surface area contributed by atoms with Crippen LogP contribution in [-0.2, 0) is 7.48 Å². The van der Waals surface area contributed by atoms with Crippen molar-refractivity contribution in [1.82, 2.24) is 0 Å². The molecule has 1 unspecified atom stereocenters. The number of carbonyl (C=O) groups is 1. The van der Waals surface area contributed by atoms with E-state index in [0.29, 0.717) is 31.5 Å². The van der Waals surface area contributed by atoms with Crippen LogP contribution < -0.4 is 0 Å². The normalized spacial score (nSPS) is 12.6. The molecule has 0 rings (SSSR count). The van der Waals surface area contributed by atoms with Crippen LogP contribution in [0.15, 0.2) is 0 Å². The molecule has 0 heterocycles. The van der Waals surface area contributed by atoms with E-state index < -0.39 is 0 Å². The third-order valence-electron chi connectivity index (χ3n) is 0.507. The zero-order chi connectivity index (χ0) is 6.57. The van der Waals surface area contributed by atoms with Gasteiger partial charge in [0.1, 0.15) is 0 Å². The molecule has 0 spiro atoms. The standard InChI is InChI=1S/C3H4Br2O2.Tl/c4-1-2(5)3(6)7;/h2H,1H2,(H,6,7);/q;+1/p-1. The molecule has 0 amide bonds. The van der Waals surface area contributed by atoms with Crippen molar-refractivity contribution in [2.75, 3.05) is 5.33 Å². The minimum absolute atomic E-state index is 0.174. The Morgan fingerprint density at radius 2 is 2.38 bits per heavy atom. The van der Waals surface area contributed by atoms with Crippen molar-refractivity contribution in [3.63, 3.8) is 0 Å². The van der Waals surface area contributed by atoms with Gasteiger partial charge >= 0.3 is 81.7 Å². The van der Waals surface area contributed by atoms with Gasteiger partial charge in [0, 0.05) is 0 Å². The molecule has 44 valence electrons. The summed E-state index contributed by atoms with van der Waals surface area (Å²) < 4.78 is 4.55. The molecular weight excluding hydrogens is 432 g/mol. The first-order valence-electron chi connectivity index (χ1n) is 1.83. The summed E-state index contributed by atoms with van der Waals surface area (Å²) in [4.78, 5) is 10.3. The van der Waals surface area contributed by atoms with Gasteiger partial charge in [-0.25, -0.2) is 0 Å². The maximum atomic E-state index is 10.5. The Balaban J connectivity index is 3.46. The Kier molecular flexibility index (Phi) is 6.03. The van der Waals surface area contributed by atoms with Gasteiger partial charge in [0.05, 0.1) is 0 Å². The summed E-state index contributed by atoms with van der Waals surface area (Å²) in [5.74, 6) is -0.174. The van der Waals surface area contributed by atoms with Crippen molar-refractivity contribution in [2.24, 2.45) is 0 Å². The number of hydrogen-bond acceptors (Lipinski definition) is 2. The second-order valence-corrected chi connectivity index (χ2v) is 3.73. The number of alkyl halides is 2. The molecule has 0 aromatic heterocycles. The zero-order valence-electron chi connectivity index (χ0n) is 3.93. The molecule has 0 saturated carbocycles. The molecule has 0 aliphatic heterocycles. The first kappa shape index (κ1) is 9.35. The van der Waals surface area contributed by atoms with Crippen molar-refractivity contribution in [3.05, 3.63) is 0 Å². The molecule has 0 aromatic rings. The van der Waals surface area contributed by atoms with Crippen LogP contribution in [0.5, 0.6) is 0 Å². The van der Waals surface area contributed by atoms with Crippen LogP contribution in [-0.4, -0.2) is 42.3 Å². The summed E-state index contributed by atoms with van der Waals surface area (Å²) >= 11 is 6.53. The summed E-state index contributed by atoms with van der Waals surface area (Å²) in [7, 11) is 0. The summed E-state index contributed by atoms with van der Waals surface area (Å²) in [6.07, 6.45) is 0. The fourth-order valence-electron chi connectivity index (χ4n) is 0.137. The zero-order valence-corrected chi connectivity index (χ0v) is 11.6. The van der Waals surface area contributed by atoms with Crippen LogP contribution in [0.2, 0.25) is 0 Å². The topological polar surface area (TPSA) is 26.3 Å². The van der Waals surface area contributed by atoms with E-state index in [2.05, 4.69) is 34.5 Å². The molecule has 0 radical (unpaired) electrons. The fourth-order valence-corrected chi connectivity index (χ4v) is 1.92. The molecular formula is C3H3Br2O2Tl. The molecule has 0 bridgehead atoms. The average molecular weight is 435 g/mol. The molecule has 0 aliphatic rings. The Morgan fingerprint density at radius 3 is 2.50 bits per heavy atom. The first-order chi connectivity index (χ1) is 3.72. The van der Waals surface area contributed by atoms with Crippen LogP contribution in [0.3, 0.4) is 0 Å². The van der Waals surface area contributed by atoms with E-state index in [4.69, 9.17) is 0 Å². The van der Waals surface area contributed by atoms with Gasteiger partial charge in [0.25, 0.3) is 0 Å². The molecule has 0 aromatic carbocycles. The summed E-state index contributed by atoms with van der Waals surface area (Å²) in [5.41, 5.74) is 0. The summed E-state index contributed by atoms with van der Waals surface area (Å²) in [6.45, 7) is 0. The second-order valence-electron chi connectivity index (χ2n) is 1.06. The van der Waals surface area contributed by atoms with Gasteiger partial charge in [0.2, 0.25) is 0 Å². The predicted molar refractivity (Wildman–Crippen MR) is 38.4 cm³/mol. The molecule has 1 atom stereocenters. The predicted octanol–water partition coefficient (Wildman–Crippen LogP) is 0.771. The Bertz CT molecular complexity index is 87.4. The van der Waals surface area contributed by atoms with Gasteiger partial charge in [-0.1, -0.05) is 0 Å². The Hall–Kier alpha value is 1.35. The van der Waals surface area contributed by atoms with Crippen LogP contribution in [0.25, 0.3) is 0 Å². The Labute approximate surface area is 80.9 Å². The van der Waals surface area contributed by atoms with Crippen LogP contribution in [0.1, 0.15) is 0 Å². The SMILES string of the molecule is O=C([O][Tl])C(Br)CBr. The van der Waals surface area contributed by atoms with Gasteiger partial charge in [-0.3, -0.25) is 0 Å². The number of hydrogen-bond donors (Lipinski definition) is 0. The number of halogens is 2. The third-order valence-corrected chi connectivity index (χ3v) is 3.62.